The third-order valence-electron chi connectivity index (χ3n) is 18.2. The molecule has 0 saturated carbocycles. The van der Waals surface area contributed by atoms with Gasteiger partial charge in [0.05, 0.1) is 0 Å². The third-order valence-corrected chi connectivity index (χ3v) is 18.2. The molecule has 0 aliphatic heterocycles. The molecule has 0 aromatic heterocycles. The van der Waals surface area contributed by atoms with E-state index < -0.39 is 10.8 Å². The van der Waals surface area contributed by atoms with Crippen LogP contribution in [0.5, 0.6) is 0 Å². The van der Waals surface area contributed by atoms with Gasteiger partial charge in [0.15, 0.2) is 0 Å². The molecule has 12 aromatic rings. The molecule has 14 rings (SSSR count). The lowest BCUT2D eigenvalue weighted by Crippen LogP contribution is -2.62. The van der Waals surface area contributed by atoms with Crippen LogP contribution >= 0.6 is 0 Å². The standard InChI is InChI=1S/C82H68N2/c1-79(2,3)81(75-45-21-19-43-71(75)73-49-47-69(55-77(73)81)83(65-39-23-35-61(51-65)57-27-11-7-12-28-57)66-40-24-36-62(52-66)58-29-13-8-14-30-58)82(80(4,5)6)76-46-22-20-44-72(76)74-50-48-70(56-78(74)82)84(67-41-25-37-63(53-67)59-31-15-9-16-32-59)68-42-26-38-64(54-68)60-33-17-10-18-34-60/h7-56H,1-6H3. The molecule has 0 amide bonds. The van der Waals surface area contributed by atoms with E-state index in [1.54, 1.807) is 0 Å². The summed E-state index contributed by atoms with van der Waals surface area (Å²) in [7, 11) is 0. The highest BCUT2D eigenvalue weighted by Gasteiger charge is 2.70. The van der Waals surface area contributed by atoms with Gasteiger partial charge in [0.2, 0.25) is 0 Å². The number of nitrogens with zero attached hydrogens (tertiary/aromatic N) is 2. The first-order valence-electron chi connectivity index (χ1n) is 29.7. The molecule has 0 bridgehead atoms. The van der Waals surface area contributed by atoms with Crippen molar-refractivity contribution in [2.45, 2.75) is 52.4 Å². The average Bonchev–Trinajstić information content (AvgIpc) is 1.54. The molecule has 0 spiro atoms. The van der Waals surface area contributed by atoms with Crippen LogP contribution in [-0.4, -0.2) is 0 Å². The van der Waals surface area contributed by atoms with Gasteiger partial charge in [-0.1, -0.05) is 272 Å². The highest BCUT2D eigenvalue weighted by Crippen LogP contribution is 2.75. The molecule has 406 valence electrons. The number of anilines is 6. The number of fused-ring (bicyclic) bond motifs is 6. The molecule has 2 nitrogen and oxygen atoms in total. The summed E-state index contributed by atoms with van der Waals surface area (Å²) in [5.41, 5.74) is 24.5. The van der Waals surface area contributed by atoms with Gasteiger partial charge < -0.3 is 9.80 Å². The molecule has 2 unspecified atom stereocenters. The van der Waals surface area contributed by atoms with Crippen LogP contribution in [-0.2, 0) is 10.8 Å². The smallest absolute Gasteiger partial charge is 0.0467 e. The van der Waals surface area contributed by atoms with E-state index in [4.69, 9.17) is 0 Å². The molecule has 12 aromatic carbocycles. The largest absolute Gasteiger partial charge is 0.310 e. The average molecular weight is 1080 g/mol. The van der Waals surface area contributed by atoms with Gasteiger partial charge in [-0.15, -0.1) is 0 Å². The van der Waals surface area contributed by atoms with E-state index >= 15 is 0 Å². The van der Waals surface area contributed by atoms with E-state index in [0.717, 1.165) is 34.1 Å². The Kier molecular flexibility index (Phi) is 12.8. The summed E-state index contributed by atoms with van der Waals surface area (Å²) in [5.74, 6) is 0. The van der Waals surface area contributed by atoms with Crippen LogP contribution in [0.1, 0.15) is 63.8 Å². The monoisotopic (exact) mass is 1080 g/mol. The molecule has 0 heterocycles. The van der Waals surface area contributed by atoms with Crippen molar-refractivity contribution in [2.24, 2.45) is 10.8 Å². The van der Waals surface area contributed by atoms with Crippen molar-refractivity contribution in [1.82, 2.24) is 0 Å². The second-order valence-corrected chi connectivity index (χ2v) is 24.9. The van der Waals surface area contributed by atoms with Gasteiger partial charge in [-0.2, -0.15) is 0 Å². The molecule has 0 radical (unpaired) electrons. The summed E-state index contributed by atoms with van der Waals surface area (Å²) in [6.07, 6.45) is 0. The van der Waals surface area contributed by atoms with Crippen molar-refractivity contribution in [3.63, 3.8) is 0 Å². The lowest BCUT2D eigenvalue weighted by molar-refractivity contribution is 0.0594. The fourth-order valence-corrected chi connectivity index (χ4v) is 15.1. The molecule has 2 aliphatic carbocycles. The van der Waals surface area contributed by atoms with Gasteiger partial charge in [0.1, 0.15) is 0 Å². The van der Waals surface area contributed by atoms with Crippen LogP contribution in [0.15, 0.2) is 303 Å². The second-order valence-electron chi connectivity index (χ2n) is 24.9. The molecule has 0 saturated heterocycles. The van der Waals surface area contributed by atoms with E-state index in [2.05, 4.69) is 355 Å². The zero-order valence-corrected chi connectivity index (χ0v) is 48.8. The summed E-state index contributed by atoms with van der Waals surface area (Å²) in [6, 6.07) is 113. The quantitative estimate of drug-likeness (QED) is 0.127. The summed E-state index contributed by atoms with van der Waals surface area (Å²) in [6.45, 7) is 15.1. The van der Waals surface area contributed by atoms with Crippen molar-refractivity contribution < 1.29 is 0 Å². The molecule has 2 aliphatic rings. The second kappa shape index (κ2) is 20.6. The SMILES string of the molecule is CC(C)(C)C1(C2(C(C)(C)C)c3ccccc3-c3ccc(N(c4cccc(-c5ccccc5)c4)c4cccc(-c5ccccc5)c4)cc32)c2ccccc2-c2ccc(N(c3cccc(-c4ccccc4)c3)c3cccc(-c4ccccc4)c3)cc21. The zero-order valence-electron chi connectivity index (χ0n) is 48.8. The minimum Gasteiger partial charge on any atom is -0.310 e. The van der Waals surface area contributed by atoms with E-state index in [-0.39, 0.29) is 10.8 Å². The fraction of sp³-hybridized carbons (Fsp3) is 0.122. The highest BCUT2D eigenvalue weighted by atomic mass is 15.1. The van der Waals surface area contributed by atoms with Gasteiger partial charge in [-0.05, 0) is 173 Å². The van der Waals surface area contributed by atoms with Gasteiger partial charge in [-0.3, -0.25) is 0 Å². The molecule has 0 N–H and O–H groups in total. The van der Waals surface area contributed by atoms with Crippen LogP contribution in [0.3, 0.4) is 0 Å². The maximum atomic E-state index is 2.60. The highest BCUT2D eigenvalue weighted by molar-refractivity contribution is 5.94. The number of benzene rings is 12. The first-order chi connectivity index (χ1) is 40.9. The topological polar surface area (TPSA) is 6.48 Å². The van der Waals surface area contributed by atoms with Gasteiger partial charge in [0, 0.05) is 45.0 Å². The first kappa shape index (κ1) is 52.3. The summed E-state index contributed by atoms with van der Waals surface area (Å²) in [4.78, 5) is 5.00. The van der Waals surface area contributed by atoms with E-state index in [0.29, 0.717) is 0 Å². The minimum atomic E-state index is -0.658. The molecule has 0 fully saturated rings. The molecular weight excluding hydrogens is 1010 g/mol. The number of hydrogen-bond acceptors (Lipinski definition) is 2. The van der Waals surface area contributed by atoms with E-state index in [9.17, 15) is 0 Å². The van der Waals surface area contributed by atoms with E-state index in [1.807, 2.05) is 0 Å². The minimum absolute atomic E-state index is 0.385. The van der Waals surface area contributed by atoms with Crippen LogP contribution in [0.4, 0.5) is 34.1 Å². The maximum Gasteiger partial charge on any atom is 0.0467 e. The van der Waals surface area contributed by atoms with Crippen LogP contribution < -0.4 is 9.80 Å². The summed E-state index contributed by atoms with van der Waals surface area (Å²) >= 11 is 0. The van der Waals surface area contributed by atoms with Crippen molar-refractivity contribution in [2.75, 3.05) is 9.80 Å². The van der Waals surface area contributed by atoms with Gasteiger partial charge in [-0.25, -0.2) is 0 Å². The Labute approximate surface area is 496 Å². The lowest BCUT2D eigenvalue weighted by Gasteiger charge is -2.62. The molecular formula is C82H68N2. The summed E-state index contributed by atoms with van der Waals surface area (Å²) < 4.78 is 0. The predicted molar refractivity (Wildman–Crippen MR) is 355 cm³/mol. The fourth-order valence-electron chi connectivity index (χ4n) is 15.1. The summed E-state index contributed by atoms with van der Waals surface area (Å²) in [5, 5.41) is 0. The molecule has 2 heteroatoms. The van der Waals surface area contributed by atoms with Crippen molar-refractivity contribution in [1.29, 1.82) is 0 Å². The Hall–Kier alpha value is -9.76. The Morgan fingerprint density at radius 1 is 0.202 bits per heavy atom. The zero-order chi connectivity index (χ0) is 57.2. The predicted octanol–water partition coefficient (Wildman–Crippen LogP) is 22.6. The third kappa shape index (κ3) is 8.37. The van der Waals surface area contributed by atoms with Crippen molar-refractivity contribution in [3.05, 3.63) is 326 Å². The Morgan fingerprint density at radius 2 is 0.440 bits per heavy atom. The maximum absolute atomic E-state index is 2.60. The van der Waals surface area contributed by atoms with Crippen molar-refractivity contribution in [3.8, 4) is 66.8 Å². The van der Waals surface area contributed by atoms with E-state index in [1.165, 1.54) is 89.0 Å². The van der Waals surface area contributed by atoms with Crippen molar-refractivity contribution >= 4 is 34.1 Å². The van der Waals surface area contributed by atoms with Gasteiger partial charge in [0.25, 0.3) is 0 Å². The number of hydrogen-bond donors (Lipinski definition) is 0. The Morgan fingerprint density at radius 3 is 0.726 bits per heavy atom. The Bertz CT molecular complexity index is 3940. The normalized spacial score (nSPS) is 15.8. The van der Waals surface area contributed by atoms with Crippen LogP contribution in [0.2, 0.25) is 0 Å². The van der Waals surface area contributed by atoms with Crippen LogP contribution in [0, 0.1) is 10.8 Å². The molecule has 84 heavy (non-hydrogen) atoms. The van der Waals surface area contributed by atoms with Crippen LogP contribution in [0.25, 0.3) is 66.8 Å². The first-order valence-corrected chi connectivity index (χ1v) is 29.7. The lowest BCUT2D eigenvalue weighted by atomic mass is 9.39. The Balaban J connectivity index is 1.05. The molecule has 2 atom stereocenters. The van der Waals surface area contributed by atoms with Gasteiger partial charge >= 0.3 is 0 Å². The number of rotatable bonds is 11.